The maximum atomic E-state index is 5.43. The van der Waals surface area contributed by atoms with Gasteiger partial charge < -0.3 is 15.0 Å². The number of hydrogen-bond acceptors (Lipinski definition) is 3. The number of ether oxygens (including phenoxy) is 1. The summed E-state index contributed by atoms with van der Waals surface area (Å²) in [6, 6.07) is 11.1. The molecule has 0 aromatic heterocycles. The minimum Gasteiger partial charge on any atom is -0.380 e. The van der Waals surface area contributed by atoms with Crippen LogP contribution in [0.4, 0.5) is 0 Å². The van der Waals surface area contributed by atoms with Crippen molar-refractivity contribution >= 4 is 0 Å². The third-order valence-corrected chi connectivity index (χ3v) is 3.49. The van der Waals surface area contributed by atoms with Crippen LogP contribution in [-0.4, -0.2) is 44.8 Å². The number of likely N-dealkylation sites (N-methyl/N-ethyl adjacent to an activating group) is 1. The van der Waals surface area contributed by atoms with Crippen LogP contribution in [0.15, 0.2) is 30.3 Å². The van der Waals surface area contributed by atoms with Crippen molar-refractivity contribution in [2.75, 3.05) is 39.9 Å². The van der Waals surface area contributed by atoms with Gasteiger partial charge in [-0.15, -0.1) is 0 Å². The average molecular weight is 264 g/mol. The summed E-state index contributed by atoms with van der Waals surface area (Å²) in [7, 11) is 2.04. The van der Waals surface area contributed by atoms with Gasteiger partial charge in [0, 0.05) is 25.7 Å². The Hall–Kier alpha value is -0.900. The van der Waals surface area contributed by atoms with Crippen molar-refractivity contribution in [3.05, 3.63) is 35.9 Å². The minimum atomic E-state index is 0.433. The molecule has 1 N–H and O–H groups in total. The first-order valence-electron chi connectivity index (χ1n) is 7.34. The van der Waals surface area contributed by atoms with E-state index in [0.29, 0.717) is 6.04 Å². The van der Waals surface area contributed by atoms with E-state index in [1.807, 2.05) is 14.0 Å². The second kappa shape index (κ2) is 9.96. The molecule has 1 aromatic carbocycles. The van der Waals surface area contributed by atoms with Gasteiger partial charge >= 0.3 is 0 Å². The predicted octanol–water partition coefficient (Wildman–Crippen LogP) is 2.70. The third kappa shape index (κ3) is 6.19. The third-order valence-electron chi connectivity index (χ3n) is 3.49. The molecule has 0 bridgehead atoms. The van der Waals surface area contributed by atoms with E-state index in [2.05, 4.69) is 47.5 Å². The highest BCUT2D eigenvalue weighted by Gasteiger charge is 2.10. The van der Waals surface area contributed by atoms with E-state index in [9.17, 15) is 0 Å². The van der Waals surface area contributed by atoms with E-state index in [1.165, 1.54) is 5.56 Å². The van der Waals surface area contributed by atoms with Crippen molar-refractivity contribution in [3.63, 3.8) is 0 Å². The zero-order valence-corrected chi connectivity index (χ0v) is 12.6. The van der Waals surface area contributed by atoms with E-state index in [-0.39, 0.29) is 0 Å². The molecule has 1 rings (SSSR count). The molecule has 0 saturated heterocycles. The van der Waals surface area contributed by atoms with Gasteiger partial charge in [0.2, 0.25) is 0 Å². The second-order valence-electron chi connectivity index (χ2n) is 4.67. The molecular formula is C16H28N2O. The van der Waals surface area contributed by atoms with Crippen molar-refractivity contribution in [1.82, 2.24) is 10.2 Å². The fourth-order valence-electron chi connectivity index (χ4n) is 2.24. The Morgan fingerprint density at radius 2 is 1.89 bits per heavy atom. The summed E-state index contributed by atoms with van der Waals surface area (Å²) in [5, 5.41) is 3.41. The van der Waals surface area contributed by atoms with Crippen LogP contribution >= 0.6 is 0 Å². The van der Waals surface area contributed by atoms with Crippen molar-refractivity contribution < 1.29 is 4.74 Å². The van der Waals surface area contributed by atoms with Crippen LogP contribution in [0.25, 0.3) is 0 Å². The van der Waals surface area contributed by atoms with Crippen LogP contribution < -0.4 is 5.32 Å². The van der Waals surface area contributed by atoms with Crippen molar-refractivity contribution in [3.8, 4) is 0 Å². The zero-order chi connectivity index (χ0) is 13.9. The Balaban J connectivity index is 2.39. The highest BCUT2D eigenvalue weighted by atomic mass is 16.5. The highest BCUT2D eigenvalue weighted by molar-refractivity contribution is 5.18. The number of nitrogens with zero attached hydrogens (tertiary/aromatic N) is 1. The van der Waals surface area contributed by atoms with Crippen molar-refractivity contribution in [1.29, 1.82) is 0 Å². The van der Waals surface area contributed by atoms with Gasteiger partial charge in [-0.05, 0) is 32.5 Å². The minimum absolute atomic E-state index is 0.433. The van der Waals surface area contributed by atoms with Gasteiger partial charge in [-0.2, -0.15) is 0 Å². The maximum absolute atomic E-state index is 5.43. The average Bonchev–Trinajstić information content (AvgIpc) is 2.47. The fraction of sp³-hybridized carbons (Fsp3) is 0.625. The van der Waals surface area contributed by atoms with Crippen LogP contribution in [0.5, 0.6) is 0 Å². The number of hydrogen-bond donors (Lipinski definition) is 1. The Morgan fingerprint density at radius 1 is 1.16 bits per heavy atom. The molecule has 1 unspecified atom stereocenters. The van der Waals surface area contributed by atoms with Gasteiger partial charge in [0.1, 0.15) is 0 Å². The number of rotatable bonds is 10. The summed E-state index contributed by atoms with van der Waals surface area (Å²) < 4.78 is 5.43. The van der Waals surface area contributed by atoms with E-state index >= 15 is 0 Å². The van der Waals surface area contributed by atoms with Gasteiger partial charge in [0.05, 0.1) is 6.61 Å². The molecule has 108 valence electrons. The van der Waals surface area contributed by atoms with Crippen molar-refractivity contribution in [2.24, 2.45) is 0 Å². The van der Waals surface area contributed by atoms with Crippen LogP contribution in [0.3, 0.4) is 0 Å². The first kappa shape index (κ1) is 16.2. The van der Waals surface area contributed by atoms with Crippen molar-refractivity contribution in [2.45, 2.75) is 26.3 Å². The van der Waals surface area contributed by atoms with E-state index < -0.39 is 0 Å². The standard InChI is InChI=1S/C16H28N2O/c1-4-18(13-14-19-5-2)12-11-16(17-3)15-9-7-6-8-10-15/h6-10,16-17H,4-5,11-14H2,1-3H3. The second-order valence-corrected chi connectivity index (χ2v) is 4.67. The van der Waals surface area contributed by atoms with E-state index in [1.54, 1.807) is 0 Å². The largest absolute Gasteiger partial charge is 0.380 e. The lowest BCUT2D eigenvalue weighted by molar-refractivity contribution is 0.113. The monoisotopic (exact) mass is 264 g/mol. The van der Waals surface area contributed by atoms with Crippen LogP contribution in [0, 0.1) is 0 Å². The Bertz CT molecular complexity index is 316. The lowest BCUT2D eigenvalue weighted by Crippen LogP contribution is -2.31. The molecule has 0 radical (unpaired) electrons. The summed E-state index contributed by atoms with van der Waals surface area (Å²) in [4.78, 5) is 2.45. The number of benzene rings is 1. The molecule has 0 aliphatic heterocycles. The Morgan fingerprint density at radius 3 is 2.47 bits per heavy atom. The summed E-state index contributed by atoms with van der Waals surface area (Å²) >= 11 is 0. The Labute approximate surface area is 118 Å². The number of nitrogens with one attached hydrogen (secondary N) is 1. The molecule has 3 heteroatoms. The first-order valence-corrected chi connectivity index (χ1v) is 7.34. The topological polar surface area (TPSA) is 24.5 Å². The lowest BCUT2D eigenvalue weighted by Gasteiger charge is -2.24. The summed E-state index contributed by atoms with van der Waals surface area (Å²) in [6.45, 7) is 9.10. The quantitative estimate of drug-likeness (QED) is 0.658. The van der Waals surface area contributed by atoms with Gasteiger partial charge in [0.25, 0.3) is 0 Å². The highest BCUT2D eigenvalue weighted by Crippen LogP contribution is 2.16. The summed E-state index contributed by atoms with van der Waals surface area (Å²) in [6.07, 6.45) is 1.13. The Kier molecular flexibility index (Phi) is 8.47. The molecule has 19 heavy (non-hydrogen) atoms. The summed E-state index contributed by atoms with van der Waals surface area (Å²) in [5.41, 5.74) is 1.37. The summed E-state index contributed by atoms with van der Waals surface area (Å²) in [5.74, 6) is 0. The molecule has 0 spiro atoms. The molecule has 0 fully saturated rings. The molecule has 1 aromatic rings. The molecule has 1 atom stereocenters. The lowest BCUT2D eigenvalue weighted by atomic mass is 10.0. The molecule has 0 aliphatic carbocycles. The van der Waals surface area contributed by atoms with Gasteiger partial charge in [-0.1, -0.05) is 37.3 Å². The first-order chi connectivity index (χ1) is 9.31. The van der Waals surface area contributed by atoms with Crippen LogP contribution in [0.1, 0.15) is 31.9 Å². The van der Waals surface area contributed by atoms with Gasteiger partial charge in [-0.3, -0.25) is 0 Å². The zero-order valence-electron chi connectivity index (χ0n) is 12.6. The molecule has 0 heterocycles. The van der Waals surface area contributed by atoms with E-state index in [0.717, 1.165) is 39.3 Å². The molecule has 0 amide bonds. The molecule has 0 saturated carbocycles. The normalized spacial score (nSPS) is 12.8. The smallest absolute Gasteiger partial charge is 0.0593 e. The van der Waals surface area contributed by atoms with Crippen LogP contribution in [-0.2, 0) is 4.74 Å². The fourth-order valence-corrected chi connectivity index (χ4v) is 2.24. The maximum Gasteiger partial charge on any atom is 0.0593 e. The van der Waals surface area contributed by atoms with E-state index in [4.69, 9.17) is 4.74 Å². The molecule has 0 aliphatic rings. The van der Waals surface area contributed by atoms with Gasteiger partial charge in [0.15, 0.2) is 0 Å². The predicted molar refractivity (Wildman–Crippen MR) is 81.5 cm³/mol. The molecular weight excluding hydrogens is 236 g/mol. The van der Waals surface area contributed by atoms with Crippen LogP contribution in [0.2, 0.25) is 0 Å². The SMILES string of the molecule is CCOCCN(CC)CCC(NC)c1ccccc1. The van der Waals surface area contributed by atoms with Gasteiger partial charge in [-0.25, -0.2) is 0 Å². The molecule has 3 nitrogen and oxygen atoms in total.